The average Bonchev–Trinajstić information content (AvgIpc) is 2.84. The minimum atomic E-state index is -0.427. The van der Waals surface area contributed by atoms with Crippen molar-refractivity contribution < 1.29 is 4.39 Å². The molecule has 0 spiro atoms. The second-order valence-corrected chi connectivity index (χ2v) is 5.50. The first-order chi connectivity index (χ1) is 10.1. The van der Waals surface area contributed by atoms with Crippen LogP contribution in [0.15, 0.2) is 47.5 Å². The van der Waals surface area contributed by atoms with Gasteiger partial charge >= 0.3 is 0 Å². The Morgan fingerprint density at radius 3 is 2.81 bits per heavy atom. The second kappa shape index (κ2) is 5.37. The van der Waals surface area contributed by atoms with E-state index in [1.807, 2.05) is 42.2 Å². The third kappa shape index (κ3) is 2.59. The molecule has 0 bridgehead atoms. The van der Waals surface area contributed by atoms with E-state index in [2.05, 4.69) is 4.99 Å². The zero-order valence-electron chi connectivity index (χ0n) is 11.6. The highest BCUT2D eigenvalue weighted by atomic mass is 35.5. The molecule has 0 amide bonds. The molecule has 0 radical (unpaired) electrons. The van der Waals surface area contributed by atoms with Crippen LogP contribution < -0.4 is 10.6 Å². The molecule has 1 heterocycles. The lowest BCUT2D eigenvalue weighted by atomic mass is 10.0. The number of aliphatic imine (C=N–C) groups is 1. The molecule has 5 heteroatoms. The number of benzene rings is 2. The quantitative estimate of drug-likeness (QED) is 0.920. The largest absolute Gasteiger partial charge is 0.369 e. The standard InChI is InChI=1S/C16H15ClFN3/c1-10-3-2-4-12(7-10)21-15(9-20-16(21)19)11-5-6-13(17)14(18)8-11/h2-8,15H,9H2,1H3,(H2,19,20). The Kier molecular flexibility index (Phi) is 3.55. The Hall–Kier alpha value is -2.07. The first kappa shape index (κ1) is 13.9. The fourth-order valence-electron chi connectivity index (χ4n) is 2.56. The Balaban J connectivity index is 2.00. The number of nitrogens with two attached hydrogens (primary N) is 1. The average molecular weight is 304 g/mol. The molecule has 108 valence electrons. The number of anilines is 1. The van der Waals surface area contributed by atoms with Crippen molar-refractivity contribution in [1.29, 1.82) is 0 Å². The zero-order chi connectivity index (χ0) is 15.0. The summed E-state index contributed by atoms with van der Waals surface area (Å²) in [7, 11) is 0. The van der Waals surface area contributed by atoms with Gasteiger partial charge in [-0.3, -0.25) is 4.99 Å². The van der Waals surface area contributed by atoms with Crippen LogP contribution in [0.1, 0.15) is 17.2 Å². The Labute approximate surface area is 127 Å². The summed E-state index contributed by atoms with van der Waals surface area (Å²) in [5, 5.41) is 0.118. The fraction of sp³-hybridized carbons (Fsp3) is 0.188. The van der Waals surface area contributed by atoms with Crippen LogP contribution in [0.5, 0.6) is 0 Å². The summed E-state index contributed by atoms with van der Waals surface area (Å²) < 4.78 is 13.7. The van der Waals surface area contributed by atoms with Gasteiger partial charge in [-0.2, -0.15) is 0 Å². The van der Waals surface area contributed by atoms with Gasteiger partial charge in [-0.25, -0.2) is 4.39 Å². The summed E-state index contributed by atoms with van der Waals surface area (Å²) in [6.07, 6.45) is 0. The lowest BCUT2D eigenvalue weighted by Gasteiger charge is -2.27. The van der Waals surface area contributed by atoms with Crippen LogP contribution in [0.25, 0.3) is 0 Å². The first-order valence-electron chi connectivity index (χ1n) is 6.67. The normalized spacial score (nSPS) is 18.0. The molecule has 0 aliphatic carbocycles. The van der Waals surface area contributed by atoms with Crippen molar-refractivity contribution in [1.82, 2.24) is 0 Å². The first-order valence-corrected chi connectivity index (χ1v) is 7.05. The van der Waals surface area contributed by atoms with Crippen molar-refractivity contribution in [3.8, 4) is 0 Å². The van der Waals surface area contributed by atoms with Gasteiger partial charge in [-0.1, -0.05) is 29.8 Å². The number of rotatable bonds is 2. The molecule has 1 atom stereocenters. The molecule has 0 fully saturated rings. The smallest absolute Gasteiger partial charge is 0.196 e. The van der Waals surface area contributed by atoms with Crippen LogP contribution in [0.2, 0.25) is 5.02 Å². The summed E-state index contributed by atoms with van der Waals surface area (Å²) >= 11 is 5.75. The van der Waals surface area contributed by atoms with E-state index < -0.39 is 5.82 Å². The van der Waals surface area contributed by atoms with Crippen LogP contribution in [0.4, 0.5) is 10.1 Å². The monoisotopic (exact) mass is 303 g/mol. The maximum atomic E-state index is 13.7. The van der Waals surface area contributed by atoms with Crippen LogP contribution in [-0.2, 0) is 0 Å². The number of hydrogen-bond acceptors (Lipinski definition) is 3. The van der Waals surface area contributed by atoms with E-state index >= 15 is 0 Å². The molecule has 1 aliphatic heterocycles. The molecule has 21 heavy (non-hydrogen) atoms. The summed E-state index contributed by atoms with van der Waals surface area (Å²) in [5.74, 6) is 0.0183. The number of halogens is 2. The number of guanidine groups is 1. The predicted octanol–water partition coefficient (Wildman–Crippen LogP) is 3.66. The summed E-state index contributed by atoms with van der Waals surface area (Å²) in [6.45, 7) is 2.52. The molecule has 0 saturated heterocycles. The number of hydrogen-bond donors (Lipinski definition) is 1. The molecule has 1 unspecified atom stereocenters. The summed E-state index contributed by atoms with van der Waals surface area (Å²) in [4.78, 5) is 6.22. The molecule has 2 aromatic carbocycles. The van der Waals surface area contributed by atoms with Gasteiger partial charge in [0.15, 0.2) is 5.96 Å². The summed E-state index contributed by atoms with van der Waals surface area (Å²) in [5.41, 5.74) is 8.91. The molecule has 3 rings (SSSR count). The van der Waals surface area contributed by atoms with Gasteiger partial charge in [0.1, 0.15) is 5.82 Å². The van der Waals surface area contributed by atoms with Gasteiger partial charge < -0.3 is 10.6 Å². The van der Waals surface area contributed by atoms with Crippen LogP contribution >= 0.6 is 11.6 Å². The predicted molar refractivity (Wildman–Crippen MR) is 84.3 cm³/mol. The van der Waals surface area contributed by atoms with Gasteiger partial charge in [0, 0.05) is 5.69 Å². The molecule has 0 aromatic heterocycles. The third-order valence-corrected chi connectivity index (χ3v) is 3.90. The van der Waals surface area contributed by atoms with Crippen LogP contribution in [-0.4, -0.2) is 12.5 Å². The van der Waals surface area contributed by atoms with Gasteiger partial charge in [-0.05, 0) is 42.3 Å². The molecular weight excluding hydrogens is 289 g/mol. The van der Waals surface area contributed by atoms with Gasteiger partial charge in [0.2, 0.25) is 0 Å². The van der Waals surface area contributed by atoms with Crippen molar-refractivity contribution in [3.63, 3.8) is 0 Å². The van der Waals surface area contributed by atoms with E-state index in [1.165, 1.54) is 6.07 Å². The minimum absolute atomic E-state index is 0.112. The molecule has 3 nitrogen and oxygen atoms in total. The molecule has 1 aliphatic rings. The highest BCUT2D eigenvalue weighted by Crippen LogP contribution is 2.32. The zero-order valence-corrected chi connectivity index (χ0v) is 12.3. The summed E-state index contributed by atoms with van der Waals surface area (Å²) in [6, 6.07) is 12.7. The Morgan fingerprint density at radius 1 is 1.29 bits per heavy atom. The highest BCUT2D eigenvalue weighted by Gasteiger charge is 2.29. The Morgan fingerprint density at radius 2 is 2.10 bits per heavy atom. The topological polar surface area (TPSA) is 41.6 Å². The number of nitrogens with zero attached hydrogens (tertiary/aromatic N) is 2. The highest BCUT2D eigenvalue weighted by molar-refractivity contribution is 6.30. The van der Waals surface area contributed by atoms with Crippen molar-refractivity contribution in [3.05, 3.63) is 64.4 Å². The molecule has 0 saturated carbocycles. The van der Waals surface area contributed by atoms with Crippen LogP contribution in [0.3, 0.4) is 0 Å². The van der Waals surface area contributed by atoms with Crippen molar-refractivity contribution in [2.45, 2.75) is 13.0 Å². The second-order valence-electron chi connectivity index (χ2n) is 5.10. The number of aryl methyl sites for hydroxylation is 1. The van der Waals surface area contributed by atoms with Crippen molar-refractivity contribution >= 4 is 23.2 Å². The van der Waals surface area contributed by atoms with Crippen molar-refractivity contribution in [2.24, 2.45) is 10.7 Å². The lowest BCUT2D eigenvalue weighted by molar-refractivity contribution is 0.622. The van der Waals surface area contributed by atoms with Gasteiger partial charge in [0.05, 0.1) is 17.6 Å². The van der Waals surface area contributed by atoms with E-state index in [4.69, 9.17) is 17.3 Å². The third-order valence-electron chi connectivity index (χ3n) is 3.59. The fourth-order valence-corrected chi connectivity index (χ4v) is 2.68. The lowest BCUT2D eigenvalue weighted by Crippen LogP contribution is -2.36. The molecule has 2 N–H and O–H groups in total. The maximum Gasteiger partial charge on any atom is 0.196 e. The van der Waals surface area contributed by atoms with Crippen molar-refractivity contribution in [2.75, 3.05) is 11.4 Å². The van der Waals surface area contributed by atoms with E-state index in [0.29, 0.717) is 12.5 Å². The molecular formula is C16H15ClFN3. The minimum Gasteiger partial charge on any atom is -0.369 e. The maximum absolute atomic E-state index is 13.7. The van der Waals surface area contributed by atoms with Gasteiger partial charge in [0.25, 0.3) is 0 Å². The van der Waals surface area contributed by atoms with Gasteiger partial charge in [-0.15, -0.1) is 0 Å². The SMILES string of the molecule is Cc1cccc(N2C(N)=NCC2c2ccc(Cl)c(F)c2)c1. The molecule has 2 aromatic rings. The van der Waals surface area contributed by atoms with E-state index in [1.54, 1.807) is 6.07 Å². The van der Waals surface area contributed by atoms with E-state index in [0.717, 1.165) is 16.8 Å². The van der Waals surface area contributed by atoms with E-state index in [9.17, 15) is 4.39 Å². The van der Waals surface area contributed by atoms with E-state index in [-0.39, 0.29) is 11.1 Å². The van der Waals surface area contributed by atoms with Crippen LogP contribution in [0, 0.1) is 12.7 Å². The Bertz CT molecular complexity index is 714.